The number of pyridine rings is 1. The van der Waals surface area contributed by atoms with E-state index in [9.17, 15) is 4.79 Å². The molecular formula is C17H21ClN4O. The fraction of sp³-hybridized carbons (Fsp3) is 0.294. The number of carbonyl (C=O) groups is 1. The van der Waals surface area contributed by atoms with Crippen molar-refractivity contribution in [3.63, 3.8) is 0 Å². The van der Waals surface area contributed by atoms with Gasteiger partial charge in [0.05, 0.1) is 10.7 Å². The number of aromatic nitrogens is 1. The lowest BCUT2D eigenvalue weighted by Crippen LogP contribution is -2.27. The molecule has 0 aliphatic carbocycles. The fourth-order valence-electron chi connectivity index (χ4n) is 2.04. The highest BCUT2D eigenvalue weighted by Gasteiger charge is 2.07. The van der Waals surface area contributed by atoms with Gasteiger partial charge in [-0.05, 0) is 51.3 Å². The minimum Gasteiger partial charge on any atom is -0.352 e. The molecule has 0 saturated carbocycles. The molecule has 0 aliphatic rings. The first kappa shape index (κ1) is 17.2. The molecule has 0 saturated heterocycles. The van der Waals surface area contributed by atoms with Crippen LogP contribution in [0.3, 0.4) is 0 Å². The number of anilines is 2. The van der Waals surface area contributed by atoms with Gasteiger partial charge in [-0.2, -0.15) is 0 Å². The van der Waals surface area contributed by atoms with Crippen LogP contribution < -0.4 is 10.6 Å². The summed E-state index contributed by atoms with van der Waals surface area (Å²) in [5.74, 6) is 0.479. The number of rotatable bonds is 7. The highest BCUT2D eigenvalue weighted by atomic mass is 35.5. The Morgan fingerprint density at radius 2 is 2.04 bits per heavy atom. The van der Waals surface area contributed by atoms with Crippen LogP contribution in [0.15, 0.2) is 42.6 Å². The number of halogens is 1. The largest absolute Gasteiger partial charge is 0.352 e. The molecule has 0 bridgehead atoms. The van der Waals surface area contributed by atoms with Crippen LogP contribution in [0.4, 0.5) is 11.5 Å². The second kappa shape index (κ2) is 8.50. The summed E-state index contributed by atoms with van der Waals surface area (Å²) in [5.41, 5.74) is 1.32. The van der Waals surface area contributed by atoms with Crippen LogP contribution >= 0.6 is 11.6 Å². The highest BCUT2D eigenvalue weighted by molar-refractivity contribution is 6.33. The molecule has 6 heteroatoms. The molecule has 5 nitrogen and oxygen atoms in total. The quantitative estimate of drug-likeness (QED) is 0.765. The van der Waals surface area contributed by atoms with Crippen molar-refractivity contribution < 1.29 is 4.79 Å². The summed E-state index contributed by atoms with van der Waals surface area (Å²) in [7, 11) is 4.02. The molecule has 2 rings (SSSR count). The maximum absolute atomic E-state index is 12.2. The van der Waals surface area contributed by atoms with E-state index < -0.39 is 0 Å². The van der Waals surface area contributed by atoms with E-state index in [1.807, 2.05) is 32.3 Å². The van der Waals surface area contributed by atoms with Crippen molar-refractivity contribution in [3.8, 4) is 0 Å². The molecule has 2 aromatic rings. The van der Waals surface area contributed by atoms with Gasteiger partial charge in [0.25, 0.3) is 5.91 Å². The first-order valence-electron chi connectivity index (χ1n) is 7.47. The number of hydrogen-bond acceptors (Lipinski definition) is 4. The zero-order valence-electron chi connectivity index (χ0n) is 13.3. The topological polar surface area (TPSA) is 57.3 Å². The Labute approximate surface area is 141 Å². The summed E-state index contributed by atoms with van der Waals surface area (Å²) in [6.45, 7) is 1.59. The van der Waals surface area contributed by atoms with Gasteiger partial charge in [-0.25, -0.2) is 4.98 Å². The zero-order chi connectivity index (χ0) is 16.7. The van der Waals surface area contributed by atoms with Crippen molar-refractivity contribution in [3.05, 3.63) is 53.2 Å². The molecule has 1 amide bonds. The summed E-state index contributed by atoms with van der Waals surface area (Å²) in [4.78, 5) is 18.5. The third-order valence-corrected chi connectivity index (χ3v) is 3.56. The molecule has 0 fully saturated rings. The van der Waals surface area contributed by atoms with E-state index >= 15 is 0 Å². The summed E-state index contributed by atoms with van der Waals surface area (Å²) in [6.07, 6.45) is 2.52. The Morgan fingerprint density at radius 1 is 1.26 bits per heavy atom. The monoisotopic (exact) mass is 332 g/mol. The van der Waals surface area contributed by atoms with Gasteiger partial charge in [-0.15, -0.1) is 0 Å². The number of carbonyl (C=O) groups excluding carboxylic acids is 1. The standard InChI is InChI=1S/C17H21ClN4O/c1-22(2)11-5-9-20-17(23)13-8-10-19-16(12-13)21-15-7-4-3-6-14(15)18/h3-4,6-8,10,12H,5,9,11H2,1-2H3,(H,19,21)(H,20,23). The van der Waals surface area contributed by atoms with Crippen LogP contribution in [-0.2, 0) is 0 Å². The third kappa shape index (κ3) is 5.54. The average molecular weight is 333 g/mol. The first-order valence-corrected chi connectivity index (χ1v) is 7.84. The Bertz CT molecular complexity index is 661. The van der Waals surface area contributed by atoms with Gasteiger partial charge in [0, 0.05) is 18.3 Å². The lowest BCUT2D eigenvalue weighted by Gasteiger charge is -2.11. The van der Waals surface area contributed by atoms with Crippen LogP contribution in [0.5, 0.6) is 0 Å². The predicted molar refractivity (Wildman–Crippen MR) is 94.5 cm³/mol. The fourth-order valence-corrected chi connectivity index (χ4v) is 2.22. The highest BCUT2D eigenvalue weighted by Crippen LogP contribution is 2.24. The smallest absolute Gasteiger partial charge is 0.251 e. The van der Waals surface area contributed by atoms with Crippen LogP contribution in [-0.4, -0.2) is 43.0 Å². The molecule has 1 aromatic carbocycles. The number of benzene rings is 1. The van der Waals surface area contributed by atoms with E-state index in [0.717, 1.165) is 18.7 Å². The van der Waals surface area contributed by atoms with E-state index in [1.54, 1.807) is 24.4 Å². The van der Waals surface area contributed by atoms with Crippen molar-refractivity contribution in [2.75, 3.05) is 32.5 Å². The SMILES string of the molecule is CN(C)CCCNC(=O)c1ccnc(Nc2ccccc2Cl)c1. The second-order valence-electron chi connectivity index (χ2n) is 5.45. The number of hydrogen-bond donors (Lipinski definition) is 2. The minimum absolute atomic E-state index is 0.103. The molecular weight excluding hydrogens is 312 g/mol. The second-order valence-corrected chi connectivity index (χ2v) is 5.85. The molecule has 0 aliphatic heterocycles. The van der Waals surface area contributed by atoms with E-state index in [2.05, 4.69) is 20.5 Å². The zero-order valence-corrected chi connectivity index (χ0v) is 14.1. The van der Waals surface area contributed by atoms with E-state index in [4.69, 9.17) is 11.6 Å². The van der Waals surface area contributed by atoms with Crippen molar-refractivity contribution in [2.45, 2.75) is 6.42 Å². The summed E-state index contributed by atoms with van der Waals surface area (Å²) in [5, 5.41) is 6.63. The third-order valence-electron chi connectivity index (χ3n) is 3.23. The molecule has 0 unspecified atom stereocenters. The maximum atomic E-state index is 12.2. The summed E-state index contributed by atoms with van der Waals surface area (Å²) < 4.78 is 0. The number of nitrogens with zero attached hydrogens (tertiary/aromatic N) is 2. The molecule has 1 heterocycles. The molecule has 0 spiro atoms. The van der Waals surface area contributed by atoms with Gasteiger partial charge in [-0.1, -0.05) is 23.7 Å². The van der Waals surface area contributed by atoms with Gasteiger partial charge >= 0.3 is 0 Å². The predicted octanol–water partition coefficient (Wildman–Crippen LogP) is 3.16. The van der Waals surface area contributed by atoms with Crippen molar-refractivity contribution >= 4 is 29.0 Å². The normalized spacial score (nSPS) is 10.6. The van der Waals surface area contributed by atoms with Gasteiger partial charge in [0.15, 0.2) is 0 Å². The van der Waals surface area contributed by atoms with Crippen molar-refractivity contribution in [2.24, 2.45) is 0 Å². The molecule has 0 radical (unpaired) electrons. The summed E-state index contributed by atoms with van der Waals surface area (Å²) in [6, 6.07) is 10.8. The van der Waals surface area contributed by atoms with E-state index in [-0.39, 0.29) is 5.91 Å². The van der Waals surface area contributed by atoms with Gasteiger partial charge in [0.1, 0.15) is 5.82 Å². The van der Waals surface area contributed by atoms with Gasteiger partial charge in [0.2, 0.25) is 0 Å². The molecule has 122 valence electrons. The molecule has 1 aromatic heterocycles. The Hall–Kier alpha value is -2.11. The number of amides is 1. The lowest BCUT2D eigenvalue weighted by molar-refractivity contribution is 0.0952. The van der Waals surface area contributed by atoms with Crippen LogP contribution in [0.2, 0.25) is 5.02 Å². The minimum atomic E-state index is -0.103. The molecule has 0 atom stereocenters. The van der Waals surface area contributed by atoms with E-state index in [0.29, 0.717) is 22.9 Å². The molecule has 23 heavy (non-hydrogen) atoms. The van der Waals surface area contributed by atoms with E-state index in [1.165, 1.54) is 0 Å². The summed E-state index contributed by atoms with van der Waals surface area (Å²) >= 11 is 6.11. The Kier molecular flexibility index (Phi) is 6.38. The first-order chi connectivity index (χ1) is 11.1. The van der Waals surface area contributed by atoms with Gasteiger partial charge < -0.3 is 15.5 Å². The van der Waals surface area contributed by atoms with Crippen LogP contribution in [0.1, 0.15) is 16.8 Å². The average Bonchev–Trinajstić information content (AvgIpc) is 2.54. The maximum Gasteiger partial charge on any atom is 0.251 e. The Balaban J connectivity index is 1.96. The number of nitrogens with one attached hydrogen (secondary N) is 2. The number of para-hydroxylation sites is 1. The molecule has 2 N–H and O–H groups in total. The van der Waals surface area contributed by atoms with Crippen LogP contribution in [0.25, 0.3) is 0 Å². The van der Waals surface area contributed by atoms with Crippen LogP contribution in [0, 0.1) is 0 Å². The Morgan fingerprint density at radius 3 is 2.78 bits per heavy atom. The van der Waals surface area contributed by atoms with Crippen molar-refractivity contribution in [1.29, 1.82) is 0 Å². The van der Waals surface area contributed by atoms with Crippen molar-refractivity contribution in [1.82, 2.24) is 15.2 Å². The lowest BCUT2D eigenvalue weighted by atomic mass is 10.2. The van der Waals surface area contributed by atoms with Gasteiger partial charge in [-0.3, -0.25) is 4.79 Å².